The Kier molecular flexibility index (Phi) is 7.53. The Morgan fingerprint density at radius 2 is 1.76 bits per heavy atom. The number of nitrogens with zero attached hydrogens (tertiary/aromatic N) is 4. The Balaban J connectivity index is 1.38. The van der Waals surface area contributed by atoms with E-state index >= 15 is 0 Å². The number of amides is 1. The molecule has 5 N–H and O–H groups in total. The van der Waals surface area contributed by atoms with Gasteiger partial charge in [-0.2, -0.15) is 13.2 Å². The Morgan fingerprint density at radius 3 is 2.44 bits per heavy atom. The molecule has 0 radical (unpaired) electrons. The number of nitrogen functional groups attached to an aromatic ring is 1. The summed E-state index contributed by atoms with van der Waals surface area (Å²) in [6.07, 6.45) is -0.874. The number of hydrogen-bond donors (Lipinski definition) is 4. The first-order valence-electron chi connectivity index (χ1n) is 12.3. The fraction of sp³-hybridized carbons (Fsp3) is 0.143. The number of rotatable bonds is 8. The Morgan fingerprint density at radius 1 is 1.02 bits per heavy atom. The second kappa shape index (κ2) is 11.2. The molecule has 1 amide bonds. The van der Waals surface area contributed by atoms with Crippen molar-refractivity contribution in [2.24, 2.45) is 0 Å². The number of nitrogens with two attached hydrogens (primary N) is 1. The zero-order valence-electron chi connectivity index (χ0n) is 21.3. The van der Waals surface area contributed by atoms with Gasteiger partial charge in [-0.25, -0.2) is 19.3 Å². The maximum atomic E-state index is 13.4. The van der Waals surface area contributed by atoms with Crippen LogP contribution in [0.4, 0.5) is 34.9 Å². The highest BCUT2D eigenvalue weighted by Crippen LogP contribution is 2.33. The molecule has 0 aliphatic heterocycles. The van der Waals surface area contributed by atoms with Crippen LogP contribution in [0.15, 0.2) is 73.3 Å². The number of carbonyl (C=O) groups excluding carboxylic acids is 1. The average Bonchev–Trinajstić information content (AvgIpc) is 3.32. The van der Waals surface area contributed by atoms with Crippen molar-refractivity contribution in [3.05, 3.63) is 95.8 Å². The van der Waals surface area contributed by atoms with Gasteiger partial charge >= 0.3 is 6.18 Å². The summed E-state index contributed by atoms with van der Waals surface area (Å²) >= 11 is 0. The SMILES string of the molecule is Nc1ncnc2c1c(-c1ccc(CNc3ncc(C(F)(F)F)cc3C(=O)Nc3ccc(F)cc3)cc1)cn2CCO. The number of aliphatic hydroxyl groups excluding tert-OH is 1. The highest BCUT2D eigenvalue weighted by Gasteiger charge is 2.32. The van der Waals surface area contributed by atoms with Crippen LogP contribution >= 0.6 is 0 Å². The van der Waals surface area contributed by atoms with Crippen LogP contribution in [0.5, 0.6) is 0 Å². The van der Waals surface area contributed by atoms with Gasteiger partial charge in [0.15, 0.2) is 0 Å². The molecule has 0 bridgehead atoms. The number of anilines is 3. The largest absolute Gasteiger partial charge is 0.417 e. The highest BCUT2D eigenvalue weighted by molar-refractivity contribution is 6.07. The number of nitrogens with one attached hydrogen (secondary N) is 2. The van der Waals surface area contributed by atoms with Crippen molar-refractivity contribution in [2.75, 3.05) is 23.0 Å². The van der Waals surface area contributed by atoms with E-state index in [2.05, 4.69) is 25.6 Å². The molecule has 0 fully saturated rings. The number of hydrogen-bond acceptors (Lipinski definition) is 7. The van der Waals surface area contributed by atoms with Gasteiger partial charge in [-0.3, -0.25) is 4.79 Å². The lowest BCUT2D eigenvalue weighted by atomic mass is 10.0. The van der Waals surface area contributed by atoms with Gasteiger partial charge in [-0.05, 0) is 41.5 Å². The Bertz CT molecular complexity index is 1700. The van der Waals surface area contributed by atoms with Gasteiger partial charge in [0.2, 0.25) is 0 Å². The molecule has 3 aromatic heterocycles. The van der Waals surface area contributed by atoms with E-state index in [1.807, 2.05) is 18.3 Å². The molecule has 0 unspecified atom stereocenters. The minimum absolute atomic E-state index is 0.0568. The first-order valence-corrected chi connectivity index (χ1v) is 12.3. The molecule has 0 saturated carbocycles. The maximum absolute atomic E-state index is 13.4. The zero-order valence-corrected chi connectivity index (χ0v) is 21.3. The smallest absolute Gasteiger partial charge is 0.395 e. The summed E-state index contributed by atoms with van der Waals surface area (Å²) in [5.41, 5.74) is 7.84. The molecular formula is C28H23F4N7O2. The van der Waals surface area contributed by atoms with E-state index in [-0.39, 0.29) is 30.2 Å². The topological polar surface area (TPSA) is 131 Å². The summed E-state index contributed by atoms with van der Waals surface area (Å²) < 4.78 is 55.1. The van der Waals surface area contributed by atoms with Crippen LogP contribution in [-0.2, 0) is 19.3 Å². The third-order valence-electron chi connectivity index (χ3n) is 6.31. The molecule has 5 aromatic rings. The van der Waals surface area contributed by atoms with Crippen LogP contribution in [0.3, 0.4) is 0 Å². The molecule has 41 heavy (non-hydrogen) atoms. The first kappa shape index (κ1) is 27.5. The van der Waals surface area contributed by atoms with Gasteiger partial charge in [0.05, 0.1) is 23.1 Å². The molecule has 0 atom stereocenters. The van der Waals surface area contributed by atoms with Crippen LogP contribution in [0.2, 0.25) is 0 Å². The quantitative estimate of drug-likeness (QED) is 0.193. The number of carbonyl (C=O) groups is 1. The number of halogens is 4. The van der Waals surface area contributed by atoms with Crippen molar-refractivity contribution < 1.29 is 27.5 Å². The van der Waals surface area contributed by atoms with Gasteiger partial charge in [0, 0.05) is 36.7 Å². The fourth-order valence-corrected chi connectivity index (χ4v) is 4.30. The molecule has 0 saturated heterocycles. The van der Waals surface area contributed by atoms with Crippen LogP contribution in [0.25, 0.3) is 22.2 Å². The molecule has 210 valence electrons. The Labute approximate surface area is 230 Å². The van der Waals surface area contributed by atoms with Gasteiger partial charge in [0.1, 0.15) is 29.4 Å². The Hall–Kier alpha value is -5.04. The van der Waals surface area contributed by atoms with Gasteiger partial charge < -0.3 is 26.0 Å². The number of aliphatic hydroxyl groups is 1. The van der Waals surface area contributed by atoms with Crippen molar-refractivity contribution in [1.82, 2.24) is 19.5 Å². The highest BCUT2D eigenvalue weighted by atomic mass is 19.4. The predicted molar refractivity (Wildman–Crippen MR) is 145 cm³/mol. The number of alkyl halides is 3. The average molecular weight is 566 g/mol. The second-order valence-corrected chi connectivity index (χ2v) is 9.05. The monoisotopic (exact) mass is 565 g/mol. The number of benzene rings is 2. The first-order chi connectivity index (χ1) is 19.6. The minimum atomic E-state index is -4.71. The fourth-order valence-electron chi connectivity index (χ4n) is 4.30. The van der Waals surface area contributed by atoms with Crippen molar-refractivity contribution in [3.8, 4) is 11.1 Å². The van der Waals surface area contributed by atoms with E-state index in [1.165, 1.54) is 18.5 Å². The summed E-state index contributed by atoms with van der Waals surface area (Å²) in [6, 6.07) is 12.8. The van der Waals surface area contributed by atoms with E-state index in [0.29, 0.717) is 35.7 Å². The van der Waals surface area contributed by atoms with Crippen LogP contribution in [0, 0.1) is 5.82 Å². The molecule has 13 heteroatoms. The molecular weight excluding hydrogens is 542 g/mol. The third-order valence-corrected chi connectivity index (χ3v) is 6.31. The van der Waals surface area contributed by atoms with E-state index < -0.39 is 23.5 Å². The summed E-state index contributed by atoms with van der Waals surface area (Å²) in [7, 11) is 0. The predicted octanol–water partition coefficient (Wildman–Crippen LogP) is 5.09. The molecule has 0 aliphatic carbocycles. The van der Waals surface area contributed by atoms with E-state index in [9.17, 15) is 27.5 Å². The summed E-state index contributed by atoms with van der Waals surface area (Å²) in [5.74, 6) is -1.12. The molecule has 3 heterocycles. The van der Waals surface area contributed by atoms with Gasteiger partial charge in [-0.1, -0.05) is 24.3 Å². The lowest BCUT2D eigenvalue weighted by molar-refractivity contribution is -0.137. The van der Waals surface area contributed by atoms with Crippen molar-refractivity contribution in [2.45, 2.75) is 19.3 Å². The number of fused-ring (bicyclic) bond motifs is 1. The van der Waals surface area contributed by atoms with E-state index in [1.54, 1.807) is 16.7 Å². The van der Waals surface area contributed by atoms with Gasteiger partial charge in [-0.15, -0.1) is 0 Å². The van der Waals surface area contributed by atoms with E-state index in [4.69, 9.17) is 5.73 Å². The van der Waals surface area contributed by atoms with Crippen molar-refractivity contribution in [3.63, 3.8) is 0 Å². The lowest BCUT2D eigenvalue weighted by Crippen LogP contribution is -2.18. The van der Waals surface area contributed by atoms with Crippen molar-refractivity contribution in [1.29, 1.82) is 0 Å². The second-order valence-electron chi connectivity index (χ2n) is 9.05. The third kappa shape index (κ3) is 5.94. The molecule has 9 nitrogen and oxygen atoms in total. The van der Waals surface area contributed by atoms with Gasteiger partial charge in [0.25, 0.3) is 5.91 Å². The minimum Gasteiger partial charge on any atom is -0.395 e. The maximum Gasteiger partial charge on any atom is 0.417 e. The summed E-state index contributed by atoms with van der Waals surface area (Å²) in [4.78, 5) is 25.1. The van der Waals surface area contributed by atoms with Crippen LogP contribution in [0.1, 0.15) is 21.5 Å². The molecule has 2 aromatic carbocycles. The summed E-state index contributed by atoms with van der Waals surface area (Å²) in [5, 5.41) is 15.5. The van der Waals surface area contributed by atoms with Crippen molar-refractivity contribution >= 4 is 34.3 Å². The standard InChI is InChI=1S/C28H23F4N7O2/c29-19-5-7-20(8-6-19)38-27(41)21-11-18(28(30,31)32)13-35-25(21)34-12-16-1-3-17(4-2-16)22-14-39(9-10-40)26-23(22)24(33)36-15-37-26/h1-8,11,13-15,40H,9-10,12H2,(H,34,35)(H,38,41)(H2,33,36,37). The van der Waals surface area contributed by atoms with Crippen LogP contribution < -0.4 is 16.4 Å². The van der Waals surface area contributed by atoms with Crippen LogP contribution in [-0.4, -0.2) is 37.1 Å². The molecule has 0 aliphatic rings. The normalized spacial score (nSPS) is 11.5. The lowest BCUT2D eigenvalue weighted by Gasteiger charge is -2.14. The molecule has 0 spiro atoms. The zero-order chi connectivity index (χ0) is 29.1. The number of pyridine rings is 1. The number of aromatic nitrogens is 4. The van der Waals surface area contributed by atoms with E-state index in [0.717, 1.165) is 28.8 Å². The molecule has 5 rings (SSSR count). The summed E-state index contributed by atoms with van der Waals surface area (Å²) in [6.45, 7) is 0.388.